The number of anilines is 1. The van der Waals surface area contributed by atoms with Crippen LogP contribution in [0.4, 0.5) is 10.8 Å². The van der Waals surface area contributed by atoms with E-state index in [-0.39, 0.29) is 5.91 Å². The van der Waals surface area contributed by atoms with E-state index in [4.69, 9.17) is 0 Å². The van der Waals surface area contributed by atoms with E-state index >= 15 is 0 Å². The zero-order valence-electron chi connectivity index (χ0n) is 16.8. The number of nitrogens with zero attached hydrogens (tertiary/aromatic N) is 4. The Balaban J connectivity index is 1.36. The van der Waals surface area contributed by atoms with Crippen molar-refractivity contribution in [2.45, 2.75) is 12.8 Å². The van der Waals surface area contributed by atoms with E-state index in [1.807, 2.05) is 24.3 Å². The van der Waals surface area contributed by atoms with Gasteiger partial charge < -0.3 is 15.5 Å². The zero-order valence-corrected chi connectivity index (χ0v) is 18.4. The molecule has 30 heavy (non-hydrogen) atoms. The molecule has 8 nitrogen and oxygen atoms in total. The van der Waals surface area contributed by atoms with Crippen LogP contribution >= 0.6 is 23.1 Å². The number of thioether (sulfide) groups is 1. The zero-order chi connectivity index (χ0) is 20.9. The fourth-order valence-corrected chi connectivity index (χ4v) is 4.60. The number of unbranched alkanes of at least 4 members (excludes halogenated alkanes) is 1. The molecule has 4 rings (SSSR count). The summed E-state index contributed by atoms with van der Waals surface area (Å²) in [5, 5.41) is 15.6. The average Bonchev–Trinajstić information content (AvgIpc) is 3.42. The molecule has 0 saturated carbocycles. The third kappa shape index (κ3) is 5.26. The summed E-state index contributed by atoms with van der Waals surface area (Å²) in [5.41, 5.74) is 1.67. The molecule has 1 saturated heterocycles. The second kappa shape index (κ2) is 9.41. The summed E-state index contributed by atoms with van der Waals surface area (Å²) < 4.78 is 0. The topological polar surface area (TPSA) is 98.3 Å². The van der Waals surface area contributed by atoms with Crippen molar-refractivity contribution in [1.82, 2.24) is 25.4 Å². The molecule has 0 aliphatic carbocycles. The first-order valence-corrected chi connectivity index (χ1v) is 11.3. The maximum atomic E-state index is 12.3. The van der Waals surface area contributed by atoms with E-state index in [0.29, 0.717) is 10.1 Å². The number of aliphatic imine (C=N–C) groups is 1. The lowest BCUT2D eigenvalue weighted by Crippen LogP contribution is -2.19. The number of nitrogens with one attached hydrogen (secondary N) is 3. The van der Waals surface area contributed by atoms with E-state index in [0.717, 1.165) is 52.5 Å². The Bertz CT molecular complexity index is 1100. The lowest BCUT2D eigenvalue weighted by Gasteiger charge is -2.08. The molecule has 0 radical (unpaired) electrons. The average molecular weight is 442 g/mol. The predicted molar refractivity (Wildman–Crippen MR) is 125 cm³/mol. The largest absolute Gasteiger partial charge is 0.362 e. The lowest BCUT2D eigenvalue weighted by molar-refractivity contribution is -0.115. The molecule has 2 aromatic heterocycles. The van der Waals surface area contributed by atoms with Crippen molar-refractivity contribution in [3.05, 3.63) is 40.4 Å². The van der Waals surface area contributed by atoms with Crippen LogP contribution in [0.1, 0.15) is 17.7 Å². The number of benzene rings is 1. The SMILES string of the molecule is CN(C)CCCCNc1ncc(C=C2SC(=Nc3ccc4cn[nH]c4c3)NC2=O)s1. The maximum absolute atomic E-state index is 12.3. The number of aromatic amines is 1. The number of H-pyrrole nitrogens is 1. The highest BCUT2D eigenvalue weighted by molar-refractivity contribution is 8.18. The molecule has 0 atom stereocenters. The van der Waals surface area contributed by atoms with Gasteiger partial charge in [0.25, 0.3) is 5.91 Å². The number of aromatic nitrogens is 3. The van der Waals surface area contributed by atoms with E-state index in [9.17, 15) is 4.79 Å². The number of hydrogen-bond acceptors (Lipinski definition) is 8. The van der Waals surface area contributed by atoms with Gasteiger partial charge >= 0.3 is 0 Å². The first-order valence-electron chi connectivity index (χ1n) is 9.64. The van der Waals surface area contributed by atoms with Gasteiger partial charge in [-0.25, -0.2) is 9.98 Å². The van der Waals surface area contributed by atoms with Crippen LogP contribution < -0.4 is 10.6 Å². The highest BCUT2D eigenvalue weighted by atomic mass is 32.2. The normalized spacial score (nSPS) is 16.8. The van der Waals surface area contributed by atoms with Crippen molar-refractivity contribution in [1.29, 1.82) is 0 Å². The monoisotopic (exact) mass is 441 g/mol. The summed E-state index contributed by atoms with van der Waals surface area (Å²) in [7, 11) is 4.17. The van der Waals surface area contributed by atoms with Crippen molar-refractivity contribution in [3.8, 4) is 0 Å². The van der Waals surface area contributed by atoms with Gasteiger partial charge in [-0.05, 0) is 69.5 Å². The van der Waals surface area contributed by atoms with Crippen LogP contribution in [-0.4, -0.2) is 58.3 Å². The molecule has 3 aromatic rings. The van der Waals surface area contributed by atoms with Crippen LogP contribution in [0.2, 0.25) is 0 Å². The quantitative estimate of drug-likeness (QED) is 0.364. The van der Waals surface area contributed by atoms with Crippen molar-refractivity contribution < 1.29 is 4.79 Å². The molecule has 156 valence electrons. The molecule has 1 fully saturated rings. The molecule has 10 heteroatoms. The van der Waals surface area contributed by atoms with Crippen molar-refractivity contribution in [3.63, 3.8) is 0 Å². The number of amides is 1. The van der Waals surface area contributed by atoms with Gasteiger partial charge in [-0.3, -0.25) is 9.89 Å². The van der Waals surface area contributed by atoms with E-state index in [1.54, 1.807) is 23.7 Å². The summed E-state index contributed by atoms with van der Waals surface area (Å²) in [5.74, 6) is -0.145. The second-order valence-electron chi connectivity index (χ2n) is 7.13. The summed E-state index contributed by atoms with van der Waals surface area (Å²) in [6.45, 7) is 1.98. The van der Waals surface area contributed by atoms with E-state index < -0.39 is 0 Å². The molecule has 0 bridgehead atoms. The Morgan fingerprint density at radius 2 is 2.17 bits per heavy atom. The molecular formula is C20H23N7OS2. The summed E-state index contributed by atoms with van der Waals surface area (Å²) in [6, 6.07) is 5.76. The molecule has 1 aliphatic heterocycles. The smallest absolute Gasteiger partial charge is 0.264 e. The maximum Gasteiger partial charge on any atom is 0.264 e. The highest BCUT2D eigenvalue weighted by Gasteiger charge is 2.24. The number of carbonyl (C=O) groups is 1. The summed E-state index contributed by atoms with van der Waals surface area (Å²) >= 11 is 2.87. The van der Waals surface area contributed by atoms with Crippen molar-refractivity contribution in [2.24, 2.45) is 4.99 Å². The minimum atomic E-state index is -0.145. The van der Waals surface area contributed by atoms with E-state index in [1.165, 1.54) is 11.8 Å². The minimum Gasteiger partial charge on any atom is -0.362 e. The number of thiazole rings is 1. The molecular weight excluding hydrogens is 418 g/mol. The summed E-state index contributed by atoms with van der Waals surface area (Å²) in [4.78, 5) is 25.0. The second-order valence-corrected chi connectivity index (χ2v) is 9.22. The number of carbonyl (C=O) groups excluding carboxylic acids is 1. The first kappa shape index (κ1) is 20.6. The Morgan fingerprint density at radius 1 is 1.27 bits per heavy atom. The standard InChI is InChI=1S/C20H23N7OS2/c1-27(2)8-4-3-7-21-19-22-12-15(29-19)10-17-18(28)25-20(30-17)24-14-6-5-13-11-23-26-16(13)9-14/h5-6,9-12H,3-4,7-8H2,1-2H3,(H,21,22)(H,23,26)(H,24,25,28). The Labute approximate surface area is 182 Å². The van der Waals surface area contributed by atoms with Gasteiger partial charge in [-0.2, -0.15) is 5.10 Å². The minimum absolute atomic E-state index is 0.145. The third-order valence-electron chi connectivity index (χ3n) is 4.41. The Kier molecular flexibility index (Phi) is 6.46. The number of rotatable bonds is 8. The number of fused-ring (bicyclic) bond motifs is 1. The van der Waals surface area contributed by atoms with Gasteiger partial charge in [0, 0.05) is 18.1 Å². The van der Waals surface area contributed by atoms with Crippen LogP contribution in [0.5, 0.6) is 0 Å². The molecule has 1 amide bonds. The van der Waals surface area contributed by atoms with Gasteiger partial charge in [-0.15, -0.1) is 0 Å². The predicted octanol–water partition coefficient (Wildman–Crippen LogP) is 3.66. The fourth-order valence-electron chi connectivity index (χ4n) is 2.90. The Hall–Kier alpha value is -2.69. The van der Waals surface area contributed by atoms with Gasteiger partial charge in [0.15, 0.2) is 10.3 Å². The number of hydrogen-bond donors (Lipinski definition) is 3. The van der Waals surface area contributed by atoms with Crippen LogP contribution in [0.25, 0.3) is 17.0 Å². The van der Waals surface area contributed by atoms with Gasteiger partial charge in [-0.1, -0.05) is 11.3 Å². The van der Waals surface area contributed by atoms with Crippen LogP contribution in [-0.2, 0) is 4.79 Å². The summed E-state index contributed by atoms with van der Waals surface area (Å²) in [6.07, 6.45) is 7.65. The molecule has 1 aliphatic rings. The van der Waals surface area contributed by atoms with Gasteiger partial charge in [0.1, 0.15) is 0 Å². The molecule has 0 unspecified atom stereocenters. The molecule has 3 heterocycles. The number of amidine groups is 1. The van der Waals surface area contributed by atoms with Crippen molar-refractivity contribution >= 4 is 62.0 Å². The highest BCUT2D eigenvalue weighted by Crippen LogP contribution is 2.30. The lowest BCUT2D eigenvalue weighted by atomic mass is 10.2. The molecule has 1 aromatic carbocycles. The Morgan fingerprint density at radius 3 is 3.03 bits per heavy atom. The van der Waals surface area contributed by atoms with Crippen LogP contribution in [0.3, 0.4) is 0 Å². The fraction of sp³-hybridized carbons (Fsp3) is 0.300. The molecule has 0 spiro atoms. The van der Waals surface area contributed by atoms with Crippen LogP contribution in [0.15, 0.2) is 40.5 Å². The first-order chi connectivity index (χ1) is 14.6. The molecule has 3 N–H and O–H groups in total. The van der Waals surface area contributed by atoms with E-state index in [2.05, 4.69) is 49.8 Å². The third-order valence-corrected chi connectivity index (χ3v) is 6.22. The van der Waals surface area contributed by atoms with Crippen molar-refractivity contribution in [2.75, 3.05) is 32.5 Å². The van der Waals surface area contributed by atoms with Gasteiger partial charge in [0.05, 0.1) is 27.2 Å². The van der Waals surface area contributed by atoms with Gasteiger partial charge in [0.2, 0.25) is 0 Å². The van der Waals surface area contributed by atoms with Crippen LogP contribution in [0, 0.1) is 0 Å².